The lowest BCUT2D eigenvalue weighted by atomic mass is 9.86. The maximum atomic E-state index is 5.87. The molecule has 0 atom stereocenters. The maximum Gasteiger partial charge on any atom is 0.532 e. The average molecular weight is 232 g/mol. The molecule has 0 aromatic carbocycles. The van der Waals surface area contributed by atoms with Gasteiger partial charge in [-0.2, -0.15) is 0 Å². The number of rotatable bonds is 2. The van der Waals surface area contributed by atoms with Crippen LogP contribution >= 0.6 is 0 Å². The van der Waals surface area contributed by atoms with Gasteiger partial charge in [0.1, 0.15) is 11.4 Å². The van der Waals surface area contributed by atoms with E-state index in [1.54, 1.807) is 0 Å². The molecule has 0 unspecified atom stereocenters. The molecule has 1 aliphatic heterocycles. The van der Waals surface area contributed by atoms with Crippen molar-refractivity contribution in [2.45, 2.75) is 45.3 Å². The van der Waals surface area contributed by atoms with Crippen LogP contribution in [0.15, 0.2) is 16.5 Å². The van der Waals surface area contributed by atoms with Crippen LogP contribution in [-0.4, -0.2) is 18.3 Å². The van der Waals surface area contributed by atoms with Gasteiger partial charge in [-0.25, -0.2) is 0 Å². The SMILES string of the molecule is C#CCc1ccc(B2OC(C)(C)C(C)(C)O2)o1. The zero-order valence-electron chi connectivity index (χ0n) is 10.7. The summed E-state index contributed by atoms with van der Waals surface area (Å²) in [5, 5.41) is 0. The highest BCUT2D eigenvalue weighted by Gasteiger charge is 2.53. The molecule has 0 spiro atoms. The topological polar surface area (TPSA) is 31.6 Å². The van der Waals surface area contributed by atoms with E-state index in [2.05, 4.69) is 5.92 Å². The van der Waals surface area contributed by atoms with Crippen molar-refractivity contribution in [1.29, 1.82) is 0 Å². The van der Waals surface area contributed by atoms with E-state index in [4.69, 9.17) is 20.1 Å². The number of hydrogen-bond donors (Lipinski definition) is 0. The molecule has 1 saturated heterocycles. The van der Waals surface area contributed by atoms with E-state index in [0.717, 1.165) is 5.76 Å². The van der Waals surface area contributed by atoms with Crippen molar-refractivity contribution in [3.05, 3.63) is 17.9 Å². The summed E-state index contributed by atoms with van der Waals surface area (Å²) in [6.45, 7) is 8.05. The molecule has 1 aromatic rings. The zero-order chi connectivity index (χ0) is 12.7. The van der Waals surface area contributed by atoms with Crippen LogP contribution in [0.1, 0.15) is 33.5 Å². The Balaban J connectivity index is 2.18. The van der Waals surface area contributed by atoms with E-state index in [1.807, 2.05) is 39.8 Å². The first kappa shape index (κ1) is 12.3. The molecular weight excluding hydrogens is 215 g/mol. The van der Waals surface area contributed by atoms with E-state index in [9.17, 15) is 0 Å². The molecule has 0 N–H and O–H groups in total. The smallest absolute Gasteiger partial charge is 0.469 e. The van der Waals surface area contributed by atoms with Gasteiger partial charge in [-0.05, 0) is 39.8 Å². The Morgan fingerprint density at radius 2 is 1.76 bits per heavy atom. The third-order valence-corrected chi connectivity index (χ3v) is 3.44. The van der Waals surface area contributed by atoms with Gasteiger partial charge < -0.3 is 13.7 Å². The largest absolute Gasteiger partial charge is 0.532 e. The Labute approximate surface area is 103 Å². The van der Waals surface area contributed by atoms with E-state index >= 15 is 0 Å². The summed E-state index contributed by atoms with van der Waals surface area (Å²) in [4.78, 5) is 0. The van der Waals surface area contributed by atoms with Gasteiger partial charge in [0, 0.05) is 0 Å². The Hall–Kier alpha value is -1.18. The molecule has 0 bridgehead atoms. The van der Waals surface area contributed by atoms with Crippen molar-refractivity contribution in [1.82, 2.24) is 0 Å². The van der Waals surface area contributed by atoms with Gasteiger partial charge in [0.15, 0.2) is 0 Å². The Morgan fingerprint density at radius 1 is 1.18 bits per heavy atom. The van der Waals surface area contributed by atoms with Crippen LogP contribution in [0.3, 0.4) is 0 Å². The monoisotopic (exact) mass is 232 g/mol. The molecule has 90 valence electrons. The summed E-state index contributed by atoms with van der Waals surface area (Å²) >= 11 is 0. The highest BCUT2D eigenvalue weighted by molar-refractivity contribution is 6.60. The van der Waals surface area contributed by atoms with Gasteiger partial charge in [-0.3, -0.25) is 0 Å². The van der Waals surface area contributed by atoms with E-state index in [-0.39, 0.29) is 11.2 Å². The molecule has 0 radical (unpaired) electrons. The van der Waals surface area contributed by atoms with Crippen LogP contribution in [0.25, 0.3) is 0 Å². The minimum absolute atomic E-state index is 0.350. The van der Waals surface area contributed by atoms with Crippen molar-refractivity contribution in [2.75, 3.05) is 0 Å². The third kappa shape index (κ3) is 2.13. The van der Waals surface area contributed by atoms with E-state index < -0.39 is 7.12 Å². The van der Waals surface area contributed by atoms with Crippen molar-refractivity contribution < 1.29 is 13.7 Å². The standard InChI is InChI=1S/C13H17BO3/c1-6-7-10-8-9-11(15-10)14-16-12(2,3)13(4,5)17-14/h1,8-9H,7H2,2-5H3. The van der Waals surface area contributed by atoms with Gasteiger partial charge in [0.05, 0.1) is 17.6 Å². The third-order valence-electron chi connectivity index (χ3n) is 3.44. The summed E-state index contributed by atoms with van der Waals surface area (Å²) in [6, 6.07) is 3.72. The number of hydrogen-bond acceptors (Lipinski definition) is 3. The molecule has 2 rings (SSSR count). The van der Waals surface area contributed by atoms with Gasteiger partial charge >= 0.3 is 7.12 Å². The van der Waals surface area contributed by atoms with Gasteiger partial charge in [0.2, 0.25) is 0 Å². The molecule has 1 fully saturated rings. The second-order valence-electron chi connectivity index (χ2n) is 5.27. The summed E-state index contributed by atoms with van der Waals surface area (Å²) in [5.74, 6) is 3.31. The fourth-order valence-corrected chi connectivity index (χ4v) is 1.68. The zero-order valence-corrected chi connectivity index (χ0v) is 10.7. The maximum absolute atomic E-state index is 5.87. The van der Waals surface area contributed by atoms with Gasteiger partial charge in [-0.15, -0.1) is 6.42 Å². The molecule has 0 saturated carbocycles. The average Bonchev–Trinajstić information content (AvgIpc) is 2.71. The predicted molar refractivity (Wildman–Crippen MR) is 67.0 cm³/mol. The van der Waals surface area contributed by atoms with Gasteiger partial charge in [0.25, 0.3) is 0 Å². The number of furan rings is 1. The summed E-state index contributed by atoms with van der Waals surface area (Å²) in [6.07, 6.45) is 5.72. The second kappa shape index (κ2) is 3.94. The highest BCUT2D eigenvalue weighted by atomic mass is 16.7. The molecule has 4 heteroatoms. The molecule has 0 amide bonds. The normalized spacial score (nSPS) is 21.5. The highest BCUT2D eigenvalue weighted by Crippen LogP contribution is 2.36. The van der Waals surface area contributed by atoms with E-state index in [0.29, 0.717) is 12.1 Å². The van der Waals surface area contributed by atoms with Crippen LogP contribution in [0, 0.1) is 12.3 Å². The van der Waals surface area contributed by atoms with Crippen molar-refractivity contribution in [3.8, 4) is 12.3 Å². The predicted octanol–water partition coefficient (Wildman–Crippen LogP) is 1.75. The lowest BCUT2D eigenvalue weighted by Crippen LogP contribution is -2.41. The molecule has 3 nitrogen and oxygen atoms in total. The second-order valence-corrected chi connectivity index (χ2v) is 5.27. The first-order valence-corrected chi connectivity index (χ1v) is 5.73. The molecule has 2 heterocycles. The first-order chi connectivity index (χ1) is 7.86. The molecular formula is C13H17BO3. The van der Waals surface area contributed by atoms with Crippen molar-refractivity contribution >= 4 is 12.8 Å². The van der Waals surface area contributed by atoms with Crippen LogP contribution in [0.2, 0.25) is 0 Å². The quantitative estimate of drug-likeness (QED) is 0.575. The lowest BCUT2D eigenvalue weighted by Gasteiger charge is -2.32. The molecule has 0 aliphatic carbocycles. The van der Waals surface area contributed by atoms with Crippen molar-refractivity contribution in [2.24, 2.45) is 0 Å². The fraction of sp³-hybridized carbons (Fsp3) is 0.538. The molecule has 1 aromatic heterocycles. The summed E-state index contributed by atoms with van der Waals surface area (Å²) < 4.78 is 17.4. The fourth-order valence-electron chi connectivity index (χ4n) is 1.68. The van der Waals surface area contributed by atoms with Crippen molar-refractivity contribution in [3.63, 3.8) is 0 Å². The summed E-state index contributed by atoms with van der Waals surface area (Å²) in [5.41, 5.74) is -0.0260. The van der Waals surface area contributed by atoms with Gasteiger partial charge in [-0.1, -0.05) is 5.92 Å². The Bertz CT molecular complexity index is 437. The first-order valence-electron chi connectivity index (χ1n) is 5.73. The minimum atomic E-state index is -0.452. The van der Waals surface area contributed by atoms with Crippen LogP contribution in [0.4, 0.5) is 0 Å². The molecule has 17 heavy (non-hydrogen) atoms. The van der Waals surface area contributed by atoms with Crippen LogP contribution in [-0.2, 0) is 15.7 Å². The lowest BCUT2D eigenvalue weighted by molar-refractivity contribution is 0.00578. The Morgan fingerprint density at radius 3 is 2.29 bits per heavy atom. The van der Waals surface area contributed by atoms with Crippen LogP contribution in [0.5, 0.6) is 0 Å². The van der Waals surface area contributed by atoms with Crippen LogP contribution < -0.4 is 5.66 Å². The molecule has 1 aliphatic rings. The summed E-state index contributed by atoms with van der Waals surface area (Å²) in [7, 11) is -0.452. The minimum Gasteiger partial charge on any atom is -0.469 e. The number of terminal acetylenes is 1. The Kier molecular flexibility index (Phi) is 2.85. The van der Waals surface area contributed by atoms with E-state index in [1.165, 1.54) is 0 Å².